The Bertz CT molecular complexity index is 402. The normalized spacial score (nSPS) is 20.8. The molecule has 4 nitrogen and oxygen atoms in total. The van der Waals surface area contributed by atoms with Gasteiger partial charge in [-0.25, -0.2) is 4.68 Å². The van der Waals surface area contributed by atoms with E-state index in [1.807, 2.05) is 22.7 Å². The zero-order valence-electron chi connectivity index (χ0n) is 9.61. The highest BCUT2D eigenvalue weighted by molar-refractivity contribution is 9.09. The topological polar surface area (TPSA) is 38.1 Å². The second-order valence-electron chi connectivity index (χ2n) is 4.18. The van der Waals surface area contributed by atoms with E-state index in [0.717, 1.165) is 30.9 Å². The minimum atomic E-state index is 0.183. The van der Waals surface area contributed by atoms with E-state index in [9.17, 15) is 4.79 Å². The molecule has 16 heavy (non-hydrogen) atoms. The van der Waals surface area contributed by atoms with Gasteiger partial charge in [0.1, 0.15) is 5.82 Å². The summed E-state index contributed by atoms with van der Waals surface area (Å²) in [5, 5.41) is 4.32. The molecule has 88 valence electrons. The lowest BCUT2D eigenvalue weighted by Gasteiger charge is -2.18. The summed E-state index contributed by atoms with van der Waals surface area (Å²) < 4.78 is 1.93. The third-order valence-corrected chi connectivity index (χ3v) is 3.37. The number of anilines is 1. The fourth-order valence-corrected chi connectivity index (χ4v) is 2.64. The molecule has 1 aromatic heterocycles. The monoisotopic (exact) mass is 285 g/mol. The van der Waals surface area contributed by atoms with Crippen LogP contribution in [0.4, 0.5) is 5.82 Å². The number of carbonyl (C=O) groups excluding carboxylic acids is 1. The van der Waals surface area contributed by atoms with Crippen molar-refractivity contribution in [1.29, 1.82) is 0 Å². The molecule has 5 heteroatoms. The fourth-order valence-electron chi connectivity index (χ4n) is 2.07. The number of hydrogen-bond acceptors (Lipinski definition) is 2. The van der Waals surface area contributed by atoms with E-state index in [1.54, 1.807) is 0 Å². The Balaban J connectivity index is 2.31. The lowest BCUT2D eigenvalue weighted by Crippen LogP contribution is -2.28. The predicted molar refractivity (Wildman–Crippen MR) is 66.9 cm³/mol. The molecule has 1 fully saturated rings. The number of rotatable bonds is 3. The quantitative estimate of drug-likeness (QED) is 0.798. The maximum atomic E-state index is 11.8. The van der Waals surface area contributed by atoms with Crippen molar-refractivity contribution in [2.75, 3.05) is 11.4 Å². The van der Waals surface area contributed by atoms with Gasteiger partial charge in [-0.3, -0.25) is 9.69 Å². The summed E-state index contributed by atoms with van der Waals surface area (Å²) in [6.07, 6.45) is 3.43. The van der Waals surface area contributed by atoms with Crippen LogP contribution >= 0.6 is 15.9 Å². The Morgan fingerprint density at radius 3 is 2.94 bits per heavy atom. The zero-order chi connectivity index (χ0) is 11.7. The van der Waals surface area contributed by atoms with Crippen LogP contribution < -0.4 is 4.90 Å². The molecular weight excluding hydrogens is 270 g/mol. The number of aromatic nitrogens is 2. The molecule has 2 rings (SSSR count). The highest BCUT2D eigenvalue weighted by Gasteiger charge is 2.31. The average Bonchev–Trinajstić information content (AvgIpc) is 2.71. The van der Waals surface area contributed by atoms with Crippen LogP contribution in [0.25, 0.3) is 0 Å². The van der Waals surface area contributed by atoms with Crippen molar-refractivity contribution in [2.24, 2.45) is 0 Å². The van der Waals surface area contributed by atoms with Crippen molar-refractivity contribution in [3.8, 4) is 0 Å². The number of aryl methyl sites for hydroxylation is 2. The number of hydrogen-bond donors (Lipinski definition) is 0. The molecule has 1 aromatic rings. The van der Waals surface area contributed by atoms with Gasteiger partial charge < -0.3 is 0 Å². The Labute approximate surface area is 104 Å². The molecule has 0 spiro atoms. The van der Waals surface area contributed by atoms with Gasteiger partial charge in [-0.05, 0) is 13.3 Å². The highest BCUT2D eigenvalue weighted by atomic mass is 79.9. The van der Waals surface area contributed by atoms with E-state index in [-0.39, 0.29) is 10.7 Å². The lowest BCUT2D eigenvalue weighted by molar-refractivity contribution is -0.117. The van der Waals surface area contributed by atoms with Gasteiger partial charge in [0.15, 0.2) is 0 Å². The first-order valence-corrected chi connectivity index (χ1v) is 6.52. The van der Waals surface area contributed by atoms with Crippen LogP contribution in [0, 0.1) is 6.92 Å². The fraction of sp³-hybridized carbons (Fsp3) is 0.636. The zero-order valence-corrected chi connectivity index (χ0v) is 11.2. The van der Waals surface area contributed by atoms with Crippen LogP contribution in [0.15, 0.2) is 6.20 Å². The Kier molecular flexibility index (Phi) is 3.33. The minimum absolute atomic E-state index is 0.183. The molecule has 2 heterocycles. The maximum Gasteiger partial charge on any atom is 0.229 e. The van der Waals surface area contributed by atoms with Crippen LogP contribution in [0.5, 0.6) is 0 Å². The Morgan fingerprint density at radius 1 is 1.62 bits per heavy atom. The minimum Gasteiger partial charge on any atom is -0.296 e. The molecule has 0 bridgehead atoms. The van der Waals surface area contributed by atoms with Gasteiger partial charge >= 0.3 is 0 Å². The van der Waals surface area contributed by atoms with Gasteiger partial charge in [-0.1, -0.05) is 22.9 Å². The van der Waals surface area contributed by atoms with Crippen molar-refractivity contribution in [3.63, 3.8) is 0 Å². The van der Waals surface area contributed by atoms with Crippen molar-refractivity contribution in [2.45, 2.75) is 38.1 Å². The summed E-state index contributed by atoms with van der Waals surface area (Å²) in [6, 6.07) is 0. The van der Waals surface area contributed by atoms with Crippen molar-refractivity contribution >= 4 is 27.7 Å². The average molecular weight is 286 g/mol. The van der Waals surface area contributed by atoms with Crippen LogP contribution in [0.3, 0.4) is 0 Å². The molecule has 0 N–H and O–H groups in total. The maximum absolute atomic E-state index is 11.8. The number of amides is 1. The summed E-state index contributed by atoms with van der Waals surface area (Å²) in [6.45, 7) is 5.72. The lowest BCUT2D eigenvalue weighted by atomic mass is 10.3. The van der Waals surface area contributed by atoms with Gasteiger partial charge in [0.05, 0.1) is 6.20 Å². The standard InChI is InChI=1S/C11H16BrN3O/c1-3-4-15-11(8(2)6-13-15)14-7-9(12)5-10(14)16/h6,9H,3-5,7H2,1-2H3. The molecule has 0 aliphatic carbocycles. The van der Waals surface area contributed by atoms with Crippen LogP contribution in [0.2, 0.25) is 0 Å². The summed E-state index contributed by atoms with van der Waals surface area (Å²) in [7, 11) is 0. The van der Waals surface area contributed by atoms with E-state index >= 15 is 0 Å². The number of carbonyl (C=O) groups is 1. The highest BCUT2D eigenvalue weighted by Crippen LogP contribution is 2.27. The summed E-state index contributed by atoms with van der Waals surface area (Å²) in [4.78, 5) is 14.0. The Morgan fingerprint density at radius 2 is 2.38 bits per heavy atom. The van der Waals surface area contributed by atoms with Crippen molar-refractivity contribution < 1.29 is 4.79 Å². The predicted octanol–water partition coefficient (Wildman–Crippen LogP) is 2.10. The molecule has 1 amide bonds. The molecule has 1 atom stereocenters. The largest absolute Gasteiger partial charge is 0.296 e. The van der Waals surface area contributed by atoms with Crippen LogP contribution in [0.1, 0.15) is 25.3 Å². The van der Waals surface area contributed by atoms with Crippen molar-refractivity contribution in [1.82, 2.24) is 9.78 Å². The summed E-state index contributed by atoms with van der Waals surface area (Å²) >= 11 is 3.50. The van der Waals surface area contributed by atoms with Crippen LogP contribution in [-0.2, 0) is 11.3 Å². The van der Waals surface area contributed by atoms with E-state index in [0.29, 0.717) is 6.42 Å². The number of alkyl halides is 1. The van der Waals surface area contributed by atoms with Gasteiger partial charge in [0.25, 0.3) is 0 Å². The van der Waals surface area contributed by atoms with Gasteiger partial charge in [-0.2, -0.15) is 5.10 Å². The molecule has 1 unspecified atom stereocenters. The third-order valence-electron chi connectivity index (χ3n) is 2.76. The van der Waals surface area contributed by atoms with E-state index in [2.05, 4.69) is 28.0 Å². The molecule has 1 aliphatic heterocycles. The molecule has 1 aliphatic rings. The first-order chi connectivity index (χ1) is 7.63. The van der Waals surface area contributed by atoms with Gasteiger partial charge in [0, 0.05) is 29.9 Å². The number of nitrogens with zero attached hydrogens (tertiary/aromatic N) is 3. The summed E-state index contributed by atoms with van der Waals surface area (Å²) in [5.41, 5.74) is 1.07. The molecule has 0 saturated carbocycles. The van der Waals surface area contributed by atoms with E-state index in [1.165, 1.54) is 0 Å². The van der Waals surface area contributed by atoms with E-state index < -0.39 is 0 Å². The molecule has 0 radical (unpaired) electrons. The third kappa shape index (κ3) is 2.00. The van der Waals surface area contributed by atoms with Gasteiger partial charge in [0.2, 0.25) is 5.91 Å². The number of halogens is 1. The SMILES string of the molecule is CCCn1ncc(C)c1N1CC(Br)CC1=O. The first kappa shape index (κ1) is 11.6. The summed E-state index contributed by atoms with van der Waals surface area (Å²) in [5.74, 6) is 1.15. The van der Waals surface area contributed by atoms with E-state index in [4.69, 9.17) is 0 Å². The second kappa shape index (κ2) is 4.57. The Hall–Kier alpha value is -0.840. The van der Waals surface area contributed by atoms with Gasteiger partial charge in [-0.15, -0.1) is 0 Å². The second-order valence-corrected chi connectivity index (χ2v) is 5.48. The molecule has 0 aromatic carbocycles. The first-order valence-electron chi connectivity index (χ1n) is 5.60. The molecule has 1 saturated heterocycles. The molecular formula is C11H16BrN3O. The smallest absolute Gasteiger partial charge is 0.229 e. The van der Waals surface area contributed by atoms with Crippen LogP contribution in [-0.4, -0.2) is 27.1 Å². The van der Waals surface area contributed by atoms with Crippen molar-refractivity contribution in [3.05, 3.63) is 11.8 Å².